The van der Waals surface area contributed by atoms with E-state index in [4.69, 9.17) is 0 Å². The van der Waals surface area contributed by atoms with Crippen LogP contribution >= 0.6 is 15.9 Å². The number of aromatic nitrogens is 1. The van der Waals surface area contributed by atoms with E-state index in [9.17, 15) is 14.0 Å². The van der Waals surface area contributed by atoms with Crippen LogP contribution in [0, 0.1) is 5.82 Å². The van der Waals surface area contributed by atoms with E-state index in [1.54, 1.807) is 15.9 Å². The molecule has 7 heteroatoms. The van der Waals surface area contributed by atoms with E-state index in [2.05, 4.69) is 27.0 Å². The molecule has 1 saturated heterocycles. The minimum Gasteiger partial charge on any atom is -0.356 e. The lowest BCUT2D eigenvalue weighted by molar-refractivity contribution is -0.158. The van der Waals surface area contributed by atoms with Crippen LogP contribution in [0.2, 0.25) is 0 Å². The van der Waals surface area contributed by atoms with Gasteiger partial charge in [-0.3, -0.25) is 9.59 Å². The zero-order valence-corrected chi connectivity index (χ0v) is 20.5. The highest BCUT2D eigenvalue weighted by atomic mass is 79.9. The molecule has 2 amide bonds. The highest BCUT2D eigenvalue weighted by molar-refractivity contribution is 9.10. The number of nitrogens with one attached hydrogen (secondary N) is 1. The lowest BCUT2D eigenvalue weighted by Gasteiger charge is -2.47. The van der Waals surface area contributed by atoms with Crippen LogP contribution in [-0.2, 0) is 22.4 Å². The number of aromatic amines is 1. The lowest BCUT2D eigenvalue weighted by Crippen LogP contribution is -2.63. The van der Waals surface area contributed by atoms with Gasteiger partial charge in [-0.2, -0.15) is 0 Å². The largest absolute Gasteiger partial charge is 0.356 e. The number of carbonyl (C=O) groups excluding carboxylic acids is 2. The molecule has 6 rings (SSSR count). The summed E-state index contributed by atoms with van der Waals surface area (Å²) in [4.78, 5) is 34.3. The summed E-state index contributed by atoms with van der Waals surface area (Å²) in [5.74, 6) is -0.439. The Morgan fingerprint density at radius 1 is 1.00 bits per heavy atom. The van der Waals surface area contributed by atoms with Gasteiger partial charge in [0.2, 0.25) is 11.8 Å². The minimum absolute atomic E-state index is 0.0186. The molecule has 35 heavy (non-hydrogen) atoms. The normalized spacial score (nSPS) is 19.7. The molecular formula is C28H23BrFN3O2. The number of carbonyl (C=O) groups is 2. The second-order valence-electron chi connectivity index (χ2n) is 9.18. The van der Waals surface area contributed by atoms with E-state index >= 15 is 0 Å². The van der Waals surface area contributed by atoms with Gasteiger partial charge in [0.15, 0.2) is 0 Å². The molecule has 0 saturated carbocycles. The van der Waals surface area contributed by atoms with Gasteiger partial charge in [0.1, 0.15) is 11.9 Å². The molecule has 0 bridgehead atoms. The first kappa shape index (κ1) is 22.0. The zero-order chi connectivity index (χ0) is 24.1. The lowest BCUT2D eigenvalue weighted by atomic mass is 9.86. The number of nitrogens with zero attached hydrogens (tertiary/aromatic N) is 2. The molecule has 3 heterocycles. The van der Waals surface area contributed by atoms with Crippen LogP contribution in [0.4, 0.5) is 4.39 Å². The molecule has 1 N–H and O–H groups in total. The molecule has 3 aromatic carbocycles. The fraction of sp³-hybridized carbons (Fsp3) is 0.214. The van der Waals surface area contributed by atoms with E-state index in [1.165, 1.54) is 12.1 Å². The quantitative estimate of drug-likeness (QED) is 0.403. The summed E-state index contributed by atoms with van der Waals surface area (Å²) < 4.78 is 14.5. The molecule has 5 nitrogen and oxygen atoms in total. The third kappa shape index (κ3) is 3.84. The Balaban J connectivity index is 1.39. The van der Waals surface area contributed by atoms with Gasteiger partial charge in [0.05, 0.1) is 12.6 Å². The molecule has 0 spiro atoms. The van der Waals surface area contributed by atoms with Gasteiger partial charge in [-0.15, -0.1) is 0 Å². The number of benzene rings is 3. The van der Waals surface area contributed by atoms with Gasteiger partial charge >= 0.3 is 0 Å². The van der Waals surface area contributed by atoms with Crippen molar-refractivity contribution in [1.82, 2.24) is 14.8 Å². The van der Waals surface area contributed by atoms with Crippen molar-refractivity contribution in [2.75, 3.05) is 13.1 Å². The molecular weight excluding hydrogens is 509 g/mol. The number of rotatable bonds is 4. The third-order valence-electron chi connectivity index (χ3n) is 7.07. The third-order valence-corrected chi connectivity index (χ3v) is 7.56. The van der Waals surface area contributed by atoms with E-state index in [0.717, 1.165) is 37.8 Å². The van der Waals surface area contributed by atoms with Crippen LogP contribution in [0.3, 0.4) is 0 Å². The summed E-state index contributed by atoms with van der Waals surface area (Å²) in [5.41, 5.74) is 4.81. The number of para-hydroxylation sites is 1. The molecule has 176 valence electrons. The zero-order valence-electron chi connectivity index (χ0n) is 18.9. The first-order valence-corrected chi connectivity index (χ1v) is 12.5. The van der Waals surface area contributed by atoms with Crippen molar-refractivity contribution in [3.8, 4) is 0 Å². The SMILES string of the molecule is O=C1[C@@H]2Cc3c([nH]c4ccccc34)C(c3cccc(Br)c3)N2C(=O)CN1CCc1cccc(F)c1. The van der Waals surface area contributed by atoms with Gasteiger partial charge in [0, 0.05) is 34.0 Å². The molecule has 1 fully saturated rings. The van der Waals surface area contributed by atoms with E-state index in [1.807, 2.05) is 48.5 Å². The van der Waals surface area contributed by atoms with Crippen LogP contribution in [0.5, 0.6) is 0 Å². The second kappa shape index (κ2) is 8.64. The number of fused-ring (bicyclic) bond motifs is 4. The molecule has 2 aliphatic heterocycles. The summed E-state index contributed by atoms with van der Waals surface area (Å²) >= 11 is 3.56. The number of H-pyrrole nitrogens is 1. The number of halogens is 2. The average molecular weight is 532 g/mol. The van der Waals surface area contributed by atoms with Crippen molar-refractivity contribution in [1.29, 1.82) is 0 Å². The monoisotopic (exact) mass is 531 g/mol. The van der Waals surface area contributed by atoms with Crippen LogP contribution in [0.25, 0.3) is 10.9 Å². The summed E-state index contributed by atoms with van der Waals surface area (Å²) in [6, 6.07) is 21.4. The Morgan fingerprint density at radius 3 is 2.66 bits per heavy atom. The number of hydrogen-bond acceptors (Lipinski definition) is 2. The van der Waals surface area contributed by atoms with Crippen LogP contribution < -0.4 is 0 Å². The molecule has 0 radical (unpaired) electrons. The Kier molecular flexibility index (Phi) is 5.44. The van der Waals surface area contributed by atoms with Crippen LogP contribution in [0.15, 0.2) is 77.3 Å². The first-order chi connectivity index (χ1) is 17.0. The minimum atomic E-state index is -0.584. The number of hydrogen-bond donors (Lipinski definition) is 1. The smallest absolute Gasteiger partial charge is 0.246 e. The van der Waals surface area contributed by atoms with Gasteiger partial charge < -0.3 is 14.8 Å². The number of amides is 2. The summed E-state index contributed by atoms with van der Waals surface area (Å²) in [5, 5.41) is 1.08. The first-order valence-electron chi connectivity index (χ1n) is 11.7. The molecule has 4 aromatic rings. The molecule has 2 aliphatic rings. The average Bonchev–Trinajstić information content (AvgIpc) is 3.22. The highest BCUT2D eigenvalue weighted by Crippen LogP contribution is 2.42. The maximum atomic E-state index is 13.7. The molecule has 0 aliphatic carbocycles. The maximum absolute atomic E-state index is 13.7. The fourth-order valence-corrected chi connectivity index (χ4v) is 5.91. The second-order valence-corrected chi connectivity index (χ2v) is 10.1. The van der Waals surface area contributed by atoms with Crippen molar-refractivity contribution in [2.24, 2.45) is 0 Å². The van der Waals surface area contributed by atoms with Gasteiger partial charge in [-0.25, -0.2) is 4.39 Å². The van der Waals surface area contributed by atoms with Crippen molar-refractivity contribution in [3.05, 3.63) is 105 Å². The van der Waals surface area contributed by atoms with Crippen molar-refractivity contribution in [3.63, 3.8) is 0 Å². The molecule has 1 aromatic heterocycles. The Hall–Kier alpha value is -3.45. The maximum Gasteiger partial charge on any atom is 0.246 e. The van der Waals surface area contributed by atoms with Crippen molar-refractivity contribution >= 4 is 38.6 Å². The Bertz CT molecular complexity index is 1470. The Morgan fingerprint density at radius 2 is 1.83 bits per heavy atom. The standard InChI is InChI=1S/C28H23BrFN3O2/c29-19-7-4-6-18(14-19)27-26-22(21-9-1-2-10-23(21)31-26)15-24-28(35)32(16-25(34)33(24)27)12-11-17-5-3-8-20(30)13-17/h1-10,13-14,24,27,31H,11-12,15-16H2/t24-,27?/m0/s1. The van der Waals surface area contributed by atoms with Gasteiger partial charge in [-0.05, 0) is 53.4 Å². The van der Waals surface area contributed by atoms with Gasteiger partial charge in [-0.1, -0.05) is 58.4 Å². The summed E-state index contributed by atoms with van der Waals surface area (Å²) in [6.07, 6.45) is 0.960. The number of piperazine rings is 1. The topological polar surface area (TPSA) is 56.4 Å². The predicted molar refractivity (Wildman–Crippen MR) is 135 cm³/mol. The summed E-state index contributed by atoms with van der Waals surface area (Å²) in [7, 11) is 0. The molecule has 1 unspecified atom stereocenters. The molecule has 2 atom stereocenters. The van der Waals surface area contributed by atoms with E-state index in [-0.39, 0.29) is 30.2 Å². The fourth-order valence-electron chi connectivity index (χ4n) is 5.49. The van der Waals surface area contributed by atoms with E-state index in [0.29, 0.717) is 19.4 Å². The predicted octanol–water partition coefficient (Wildman–Crippen LogP) is 5.00. The summed E-state index contributed by atoms with van der Waals surface area (Å²) in [6.45, 7) is 0.394. The van der Waals surface area contributed by atoms with Crippen LogP contribution in [-0.4, -0.2) is 45.7 Å². The Labute approximate surface area is 210 Å². The van der Waals surface area contributed by atoms with Crippen LogP contribution in [0.1, 0.15) is 28.4 Å². The highest BCUT2D eigenvalue weighted by Gasteiger charge is 2.48. The van der Waals surface area contributed by atoms with E-state index < -0.39 is 6.04 Å². The van der Waals surface area contributed by atoms with Crippen molar-refractivity contribution in [2.45, 2.75) is 24.9 Å². The van der Waals surface area contributed by atoms with Gasteiger partial charge in [0.25, 0.3) is 0 Å². The van der Waals surface area contributed by atoms with Crippen molar-refractivity contribution < 1.29 is 14.0 Å².